The average molecular weight is 443 g/mol. The van der Waals surface area contributed by atoms with E-state index in [2.05, 4.69) is 10.3 Å². The van der Waals surface area contributed by atoms with Crippen molar-refractivity contribution in [1.82, 2.24) is 14.8 Å². The van der Waals surface area contributed by atoms with Crippen LogP contribution in [0, 0.1) is 0 Å². The Balaban J connectivity index is 1.26. The van der Waals surface area contributed by atoms with E-state index in [9.17, 15) is 9.59 Å². The van der Waals surface area contributed by atoms with E-state index in [0.717, 1.165) is 16.9 Å². The highest BCUT2D eigenvalue weighted by atomic mass is 32.1. The lowest BCUT2D eigenvalue weighted by Gasteiger charge is -2.38. The minimum atomic E-state index is -0.241. The van der Waals surface area contributed by atoms with Crippen molar-refractivity contribution in [2.75, 3.05) is 38.2 Å². The minimum absolute atomic E-state index is 0.0317. The zero-order valence-corrected chi connectivity index (χ0v) is 18.3. The Morgan fingerprint density at radius 3 is 3.03 bits per heavy atom. The summed E-state index contributed by atoms with van der Waals surface area (Å²) in [6, 6.07) is 6.04. The Bertz CT molecular complexity index is 941. The minimum Gasteiger partial charge on any atom is -0.465 e. The van der Waals surface area contributed by atoms with E-state index >= 15 is 0 Å². The monoisotopic (exact) mass is 442 g/mol. The number of esters is 1. The van der Waals surface area contributed by atoms with Gasteiger partial charge in [-0.15, -0.1) is 11.3 Å². The molecule has 1 N–H and O–H groups in total. The van der Waals surface area contributed by atoms with Crippen molar-refractivity contribution in [3.05, 3.63) is 51.9 Å². The molecule has 0 unspecified atom stereocenters. The van der Waals surface area contributed by atoms with Gasteiger partial charge in [-0.2, -0.15) is 0 Å². The molecule has 2 aromatic heterocycles. The number of nitrogens with zero attached hydrogens (tertiary/aromatic N) is 3. The van der Waals surface area contributed by atoms with Crippen LogP contribution >= 0.6 is 11.3 Å². The fourth-order valence-corrected chi connectivity index (χ4v) is 4.10. The van der Waals surface area contributed by atoms with Gasteiger partial charge in [0.15, 0.2) is 0 Å². The lowest BCUT2D eigenvalue weighted by Crippen LogP contribution is -2.54. The molecule has 0 saturated carbocycles. The molecule has 0 spiro atoms. The van der Waals surface area contributed by atoms with Crippen molar-refractivity contribution in [3.63, 3.8) is 0 Å². The van der Waals surface area contributed by atoms with Crippen LogP contribution in [0.4, 0.5) is 5.82 Å². The molecule has 0 bridgehead atoms. The van der Waals surface area contributed by atoms with Gasteiger partial charge in [0.25, 0.3) is 0 Å². The number of carbonyl (C=O) groups is 2. The van der Waals surface area contributed by atoms with E-state index in [1.807, 2.05) is 28.5 Å². The Morgan fingerprint density at radius 1 is 1.39 bits per heavy atom. The van der Waals surface area contributed by atoms with Crippen molar-refractivity contribution in [1.29, 1.82) is 0 Å². The van der Waals surface area contributed by atoms with Crippen molar-refractivity contribution < 1.29 is 19.1 Å². The highest BCUT2D eigenvalue weighted by molar-refractivity contribution is 7.09. The number of anilines is 1. The first-order chi connectivity index (χ1) is 15.1. The fourth-order valence-electron chi connectivity index (χ4n) is 3.48. The van der Waals surface area contributed by atoms with Gasteiger partial charge in [-0.1, -0.05) is 6.07 Å². The molecule has 0 aromatic carbocycles. The number of amides is 1. The zero-order valence-electron chi connectivity index (χ0n) is 17.5. The molecule has 2 aliphatic heterocycles. The van der Waals surface area contributed by atoms with Gasteiger partial charge >= 0.3 is 5.97 Å². The maximum atomic E-state index is 12.4. The zero-order chi connectivity index (χ0) is 21.6. The van der Waals surface area contributed by atoms with Crippen LogP contribution in [-0.2, 0) is 32.2 Å². The van der Waals surface area contributed by atoms with Gasteiger partial charge in [0, 0.05) is 42.3 Å². The number of carbonyl (C=O) groups excluding carboxylic acids is 2. The molecule has 4 heterocycles. The summed E-state index contributed by atoms with van der Waals surface area (Å²) in [5.74, 6) is 0.530. The molecule has 0 radical (unpaired) electrons. The molecule has 9 heteroatoms. The number of rotatable bonds is 8. The number of hydrogen-bond acceptors (Lipinski definition) is 8. The Kier molecular flexibility index (Phi) is 6.96. The third kappa shape index (κ3) is 5.69. The van der Waals surface area contributed by atoms with E-state index in [0.29, 0.717) is 39.5 Å². The second-order valence-electron chi connectivity index (χ2n) is 7.49. The molecule has 2 aromatic rings. The molecule has 2 aliphatic rings. The van der Waals surface area contributed by atoms with Crippen molar-refractivity contribution in [3.8, 4) is 0 Å². The van der Waals surface area contributed by atoms with Gasteiger partial charge < -0.3 is 19.7 Å². The van der Waals surface area contributed by atoms with Crippen LogP contribution in [0.2, 0.25) is 0 Å². The lowest BCUT2D eigenvalue weighted by molar-refractivity contribution is -0.144. The van der Waals surface area contributed by atoms with Crippen molar-refractivity contribution in [2.45, 2.75) is 26.2 Å². The van der Waals surface area contributed by atoms with E-state index < -0.39 is 0 Å². The van der Waals surface area contributed by atoms with Gasteiger partial charge in [-0.05, 0) is 36.1 Å². The van der Waals surface area contributed by atoms with E-state index in [-0.39, 0.29) is 24.5 Å². The summed E-state index contributed by atoms with van der Waals surface area (Å²) in [7, 11) is 0. The molecular weight excluding hydrogens is 416 g/mol. The highest BCUT2D eigenvalue weighted by Gasteiger charge is 2.30. The summed E-state index contributed by atoms with van der Waals surface area (Å²) < 4.78 is 10.8. The molecule has 8 nitrogen and oxygen atoms in total. The van der Waals surface area contributed by atoms with Crippen LogP contribution in [-0.4, -0.2) is 65.7 Å². The first kappa shape index (κ1) is 21.5. The normalized spacial score (nSPS) is 16.6. The fraction of sp³-hybridized carbons (Fsp3) is 0.409. The number of thiophene rings is 1. The van der Waals surface area contributed by atoms with E-state index in [1.165, 1.54) is 4.88 Å². The Morgan fingerprint density at radius 2 is 2.26 bits per heavy atom. The number of aromatic nitrogens is 1. The third-order valence-electron chi connectivity index (χ3n) is 5.13. The summed E-state index contributed by atoms with van der Waals surface area (Å²) in [4.78, 5) is 33.5. The van der Waals surface area contributed by atoms with Crippen LogP contribution in [0.25, 0.3) is 6.08 Å². The van der Waals surface area contributed by atoms with Crippen LogP contribution < -0.4 is 5.32 Å². The number of pyridine rings is 1. The third-order valence-corrected chi connectivity index (χ3v) is 5.98. The van der Waals surface area contributed by atoms with Crippen LogP contribution in [0.5, 0.6) is 0 Å². The highest BCUT2D eigenvalue weighted by Crippen LogP contribution is 2.22. The molecule has 1 fully saturated rings. The lowest BCUT2D eigenvalue weighted by atomic mass is 10.1. The summed E-state index contributed by atoms with van der Waals surface area (Å²) in [5.41, 5.74) is 1.83. The summed E-state index contributed by atoms with van der Waals surface area (Å²) in [6.07, 6.45) is 5.19. The molecule has 1 saturated heterocycles. The SMILES string of the molecule is CCOC(=O)CN1CNc2ncc(C=CC(=O)N3CC(OCc4cccs4)C3)cc2C1. The Labute approximate surface area is 185 Å². The molecular formula is C22H26N4O4S. The van der Waals surface area contributed by atoms with Gasteiger partial charge in [-0.3, -0.25) is 14.5 Å². The van der Waals surface area contributed by atoms with Crippen LogP contribution in [0.15, 0.2) is 35.9 Å². The first-order valence-corrected chi connectivity index (χ1v) is 11.2. The number of ether oxygens (including phenoxy) is 2. The molecule has 31 heavy (non-hydrogen) atoms. The van der Waals surface area contributed by atoms with E-state index in [1.54, 1.807) is 41.5 Å². The predicted molar refractivity (Wildman–Crippen MR) is 118 cm³/mol. The second kappa shape index (κ2) is 10.0. The number of nitrogens with one attached hydrogen (secondary N) is 1. The number of likely N-dealkylation sites (tertiary alicyclic amines) is 1. The van der Waals surface area contributed by atoms with Crippen LogP contribution in [0.3, 0.4) is 0 Å². The van der Waals surface area contributed by atoms with Gasteiger partial charge in [0.1, 0.15) is 5.82 Å². The van der Waals surface area contributed by atoms with Crippen molar-refractivity contribution in [2.24, 2.45) is 0 Å². The maximum absolute atomic E-state index is 12.4. The molecule has 4 rings (SSSR count). The van der Waals surface area contributed by atoms with E-state index in [4.69, 9.17) is 9.47 Å². The van der Waals surface area contributed by atoms with Gasteiger partial charge in [-0.25, -0.2) is 4.98 Å². The quantitative estimate of drug-likeness (QED) is 0.496. The smallest absolute Gasteiger partial charge is 0.320 e. The standard InChI is InChI=1S/C22H26N4O4S/c1-2-29-21(28)13-25-10-17-8-16(9-23-22(17)24-15-25)5-6-20(27)26-11-18(12-26)30-14-19-4-3-7-31-19/h3-9,18H,2,10-15H2,1H3,(H,23,24). The number of fused-ring (bicyclic) bond motifs is 1. The van der Waals surface area contributed by atoms with Gasteiger partial charge in [0.2, 0.25) is 5.91 Å². The second-order valence-corrected chi connectivity index (χ2v) is 8.52. The van der Waals surface area contributed by atoms with Crippen LogP contribution in [0.1, 0.15) is 22.9 Å². The first-order valence-electron chi connectivity index (χ1n) is 10.3. The Hall–Kier alpha value is -2.75. The van der Waals surface area contributed by atoms with Crippen molar-refractivity contribution >= 4 is 35.1 Å². The maximum Gasteiger partial charge on any atom is 0.320 e. The molecule has 164 valence electrons. The summed E-state index contributed by atoms with van der Waals surface area (Å²) in [6.45, 7) is 5.36. The predicted octanol–water partition coefficient (Wildman–Crippen LogP) is 2.33. The summed E-state index contributed by atoms with van der Waals surface area (Å²) >= 11 is 1.67. The molecule has 0 atom stereocenters. The largest absolute Gasteiger partial charge is 0.465 e. The summed E-state index contributed by atoms with van der Waals surface area (Å²) in [5, 5.41) is 5.24. The molecule has 0 aliphatic carbocycles. The average Bonchev–Trinajstić information content (AvgIpc) is 3.24. The molecule has 1 amide bonds. The van der Waals surface area contributed by atoms with Gasteiger partial charge in [0.05, 0.1) is 32.5 Å². The topological polar surface area (TPSA) is 84.0 Å². The number of hydrogen-bond donors (Lipinski definition) is 1.